The minimum absolute atomic E-state index is 0. The van der Waals surface area contributed by atoms with Crippen LogP contribution in [0.5, 0.6) is 0 Å². The summed E-state index contributed by atoms with van der Waals surface area (Å²) in [5.74, 6) is -1.31. The van der Waals surface area contributed by atoms with Gasteiger partial charge in [0.2, 0.25) is 5.91 Å². The second kappa shape index (κ2) is 10.1. The van der Waals surface area contributed by atoms with Crippen molar-refractivity contribution >= 4 is 34.6 Å². The van der Waals surface area contributed by atoms with Gasteiger partial charge >= 0.3 is 51.4 Å². The molecule has 0 radical (unpaired) electrons. The molecule has 10 heteroatoms. The standard InChI is InChI=1S/C16H13ClN4O3.K.H2O/c17-11-4-1-3-10(7-11)15-20-12-5-2-6-18-16(12)21(15)9-13(22)19-8-14(23)24;;/h1-7H,8-9H2,(H,19,22)(H,23,24);;1H2/q;+1;/p-1. The molecule has 0 unspecified atom stereocenters. The van der Waals surface area contributed by atoms with Crippen molar-refractivity contribution in [3.63, 3.8) is 0 Å². The number of carboxylic acid groups (broad SMARTS) is 1. The van der Waals surface area contributed by atoms with E-state index in [1.165, 1.54) is 0 Å². The van der Waals surface area contributed by atoms with Crippen LogP contribution in [0.2, 0.25) is 5.02 Å². The first-order valence-electron chi connectivity index (χ1n) is 7.08. The Bertz CT molecular complexity index is 932. The molecular weight excluding hydrogens is 387 g/mol. The molecular formula is C16H14ClKN4O4. The quantitative estimate of drug-likeness (QED) is 0.450. The Hall–Kier alpha value is -1.33. The summed E-state index contributed by atoms with van der Waals surface area (Å²) >= 11 is 6.03. The summed E-state index contributed by atoms with van der Waals surface area (Å²) in [6.45, 7) is -0.673. The molecule has 0 saturated heterocycles. The number of carbonyl (C=O) groups excluding carboxylic acids is 2. The number of aliphatic carboxylic acids is 1. The first kappa shape index (κ1) is 22.7. The molecule has 1 amide bonds. The van der Waals surface area contributed by atoms with Gasteiger partial charge in [0, 0.05) is 16.8 Å². The number of fused-ring (bicyclic) bond motifs is 1. The van der Waals surface area contributed by atoms with Crippen molar-refractivity contribution in [3.8, 4) is 11.4 Å². The largest absolute Gasteiger partial charge is 1.00 e. The number of rotatable bonds is 5. The normalized spacial score (nSPS) is 9.88. The van der Waals surface area contributed by atoms with Crippen LogP contribution in [-0.2, 0) is 16.1 Å². The molecule has 3 N–H and O–H groups in total. The molecule has 0 aliphatic heterocycles. The number of amides is 1. The monoisotopic (exact) mass is 400 g/mol. The van der Waals surface area contributed by atoms with Crippen molar-refractivity contribution in [2.24, 2.45) is 0 Å². The molecule has 2 aromatic heterocycles. The van der Waals surface area contributed by atoms with Crippen LogP contribution in [0.1, 0.15) is 0 Å². The Morgan fingerprint density at radius 1 is 1.23 bits per heavy atom. The van der Waals surface area contributed by atoms with Crippen molar-refractivity contribution in [1.29, 1.82) is 0 Å². The number of carbonyl (C=O) groups is 2. The van der Waals surface area contributed by atoms with E-state index >= 15 is 0 Å². The zero-order chi connectivity index (χ0) is 17.1. The average molecular weight is 401 g/mol. The van der Waals surface area contributed by atoms with Gasteiger partial charge in [0.05, 0.1) is 12.5 Å². The molecule has 3 rings (SSSR count). The zero-order valence-corrected chi connectivity index (χ0v) is 17.8. The van der Waals surface area contributed by atoms with Crippen LogP contribution in [0.15, 0.2) is 42.6 Å². The van der Waals surface area contributed by atoms with Gasteiger partial charge in [-0.2, -0.15) is 0 Å². The van der Waals surface area contributed by atoms with Gasteiger partial charge in [-0.15, -0.1) is 0 Å². The smallest absolute Gasteiger partial charge is 0.548 e. The number of carboxylic acids is 1. The second-order valence-electron chi connectivity index (χ2n) is 5.03. The van der Waals surface area contributed by atoms with E-state index in [0.717, 1.165) is 5.56 Å². The van der Waals surface area contributed by atoms with Crippen LogP contribution < -0.4 is 61.8 Å². The molecule has 0 atom stereocenters. The summed E-state index contributed by atoms with van der Waals surface area (Å²) in [6, 6.07) is 10.6. The van der Waals surface area contributed by atoms with Gasteiger partial charge in [0.1, 0.15) is 17.9 Å². The molecule has 0 saturated carbocycles. The molecule has 0 spiro atoms. The van der Waals surface area contributed by atoms with Gasteiger partial charge in [-0.25, -0.2) is 9.97 Å². The Morgan fingerprint density at radius 2 is 2.00 bits per heavy atom. The third-order valence-corrected chi connectivity index (χ3v) is 3.55. The molecule has 0 bridgehead atoms. The molecule has 130 valence electrons. The Morgan fingerprint density at radius 3 is 2.69 bits per heavy atom. The summed E-state index contributed by atoms with van der Waals surface area (Å²) in [5, 5.41) is 13.3. The fourth-order valence-corrected chi connectivity index (χ4v) is 2.52. The topological polar surface area (TPSA) is 131 Å². The Balaban J connectivity index is 0.00000169. The number of nitrogens with zero attached hydrogens (tertiary/aromatic N) is 3. The van der Waals surface area contributed by atoms with E-state index in [4.69, 9.17) is 11.6 Å². The van der Waals surface area contributed by atoms with E-state index < -0.39 is 18.4 Å². The summed E-state index contributed by atoms with van der Waals surface area (Å²) < 4.78 is 1.62. The van der Waals surface area contributed by atoms with Crippen LogP contribution >= 0.6 is 11.6 Å². The Kier molecular flexibility index (Phi) is 8.84. The van der Waals surface area contributed by atoms with Gasteiger partial charge in [-0.1, -0.05) is 23.7 Å². The van der Waals surface area contributed by atoms with Gasteiger partial charge in [0.15, 0.2) is 5.65 Å². The van der Waals surface area contributed by atoms with E-state index in [0.29, 0.717) is 22.0 Å². The van der Waals surface area contributed by atoms with E-state index in [1.807, 2.05) is 6.07 Å². The predicted octanol–water partition coefficient (Wildman–Crippen LogP) is -3.20. The molecule has 0 aliphatic rings. The molecule has 2 heterocycles. The summed E-state index contributed by atoms with van der Waals surface area (Å²) in [5.41, 5.74) is 1.88. The van der Waals surface area contributed by atoms with Crippen molar-refractivity contribution in [2.45, 2.75) is 6.54 Å². The SMILES string of the molecule is O.O=C([O-])CNC(=O)Cn1c(-c2cccc(Cl)c2)nc2cccnc21.[K+]. The molecule has 8 nitrogen and oxygen atoms in total. The molecule has 3 aromatic rings. The number of pyridine rings is 1. The summed E-state index contributed by atoms with van der Waals surface area (Å²) in [6.07, 6.45) is 1.60. The van der Waals surface area contributed by atoms with Gasteiger partial charge in [0.25, 0.3) is 0 Å². The van der Waals surface area contributed by atoms with Crippen LogP contribution in [-0.4, -0.2) is 38.4 Å². The van der Waals surface area contributed by atoms with Crippen molar-refractivity contribution < 1.29 is 71.6 Å². The number of aromatic nitrogens is 3. The van der Waals surface area contributed by atoms with Crippen molar-refractivity contribution in [2.75, 3.05) is 6.54 Å². The second-order valence-corrected chi connectivity index (χ2v) is 5.46. The minimum atomic E-state index is -1.35. The van der Waals surface area contributed by atoms with Crippen LogP contribution in [0.4, 0.5) is 0 Å². The number of imidazole rings is 1. The van der Waals surface area contributed by atoms with Crippen molar-refractivity contribution in [3.05, 3.63) is 47.6 Å². The third-order valence-electron chi connectivity index (χ3n) is 3.32. The Labute approximate surface area is 196 Å². The molecule has 0 aliphatic carbocycles. The van der Waals surface area contributed by atoms with E-state index in [2.05, 4.69) is 15.3 Å². The fourth-order valence-electron chi connectivity index (χ4n) is 2.33. The third kappa shape index (κ3) is 5.33. The minimum Gasteiger partial charge on any atom is -0.548 e. The average Bonchev–Trinajstić information content (AvgIpc) is 2.92. The molecule has 0 fully saturated rings. The molecule has 1 aromatic carbocycles. The van der Waals surface area contributed by atoms with Crippen LogP contribution in [0.25, 0.3) is 22.6 Å². The van der Waals surface area contributed by atoms with Gasteiger partial charge in [-0.05, 0) is 24.3 Å². The van der Waals surface area contributed by atoms with E-state index in [1.54, 1.807) is 41.1 Å². The number of hydrogen-bond acceptors (Lipinski definition) is 5. The maximum atomic E-state index is 12.0. The number of nitrogens with one attached hydrogen (secondary N) is 1. The number of halogens is 1. The maximum absolute atomic E-state index is 12.0. The number of benzene rings is 1. The summed E-state index contributed by atoms with van der Waals surface area (Å²) in [7, 11) is 0. The fraction of sp³-hybridized carbons (Fsp3) is 0.125. The van der Waals surface area contributed by atoms with Gasteiger partial charge < -0.3 is 20.7 Å². The van der Waals surface area contributed by atoms with Crippen LogP contribution in [0, 0.1) is 0 Å². The zero-order valence-electron chi connectivity index (χ0n) is 13.9. The summed E-state index contributed by atoms with van der Waals surface area (Å²) in [4.78, 5) is 31.2. The van der Waals surface area contributed by atoms with E-state index in [-0.39, 0.29) is 63.4 Å². The maximum Gasteiger partial charge on any atom is 1.00 e. The number of hydrogen-bond donors (Lipinski definition) is 1. The first-order valence-corrected chi connectivity index (χ1v) is 7.46. The van der Waals surface area contributed by atoms with Crippen molar-refractivity contribution in [1.82, 2.24) is 19.9 Å². The van der Waals surface area contributed by atoms with Gasteiger partial charge in [-0.3, -0.25) is 9.36 Å². The first-order chi connectivity index (χ1) is 11.5. The molecule has 26 heavy (non-hydrogen) atoms. The van der Waals surface area contributed by atoms with Crippen LogP contribution in [0.3, 0.4) is 0 Å². The van der Waals surface area contributed by atoms with E-state index in [9.17, 15) is 14.7 Å². The predicted molar refractivity (Wildman–Crippen MR) is 89.6 cm³/mol.